The molecule has 0 aliphatic heterocycles. The van der Waals surface area contributed by atoms with Crippen LogP contribution in [0.25, 0.3) is 273 Å². The average Bonchev–Trinajstić information content (AvgIpc) is 1.52. The third-order valence-electron chi connectivity index (χ3n) is 26.8. The van der Waals surface area contributed by atoms with Gasteiger partial charge in [-0.2, -0.15) is 0 Å². The van der Waals surface area contributed by atoms with Gasteiger partial charge in [-0.25, -0.2) is 0 Å². The highest BCUT2D eigenvalue weighted by Crippen LogP contribution is 2.61. The minimum atomic E-state index is -0.0429. The molecule has 0 radical (unpaired) electrons. The van der Waals surface area contributed by atoms with Gasteiger partial charge in [0, 0.05) is 118 Å². The van der Waals surface area contributed by atoms with E-state index in [0.717, 1.165) is 66.6 Å². The fraction of sp³-hybridized carbons (Fsp3) is 0.0270. The number of thiophene rings is 1. The Bertz CT molecular complexity index is 9110. The Labute approximate surface area is 676 Å². The van der Waals surface area contributed by atoms with Crippen LogP contribution in [0.1, 0.15) is 25.0 Å². The van der Waals surface area contributed by atoms with Gasteiger partial charge in [0.1, 0.15) is 44.7 Å². The minimum absolute atomic E-state index is 0.0429. The second-order valence-electron chi connectivity index (χ2n) is 33.0. The lowest BCUT2D eigenvalue weighted by Gasteiger charge is -2.22. The molecule has 19 aromatic carbocycles. The normalized spacial score (nSPS) is 13.2. The lowest BCUT2D eigenvalue weighted by atomic mass is 9.81. The summed E-state index contributed by atoms with van der Waals surface area (Å²) in [6.45, 7) is 4.78. The van der Waals surface area contributed by atoms with E-state index < -0.39 is 0 Å². The van der Waals surface area contributed by atoms with Gasteiger partial charge in [0.05, 0.1) is 27.8 Å². The zero-order valence-electron chi connectivity index (χ0n) is 63.8. The summed E-state index contributed by atoms with van der Waals surface area (Å²) in [4.78, 5) is 0. The quantitative estimate of drug-likeness (QED) is 0.172. The molecule has 4 aliphatic carbocycles. The molecule has 4 aliphatic rings. The van der Waals surface area contributed by atoms with Gasteiger partial charge in [0.2, 0.25) is 0 Å². The van der Waals surface area contributed by atoms with Crippen LogP contribution in [-0.4, -0.2) is 9.13 Å². The maximum atomic E-state index is 6.44. The lowest BCUT2D eigenvalue weighted by molar-refractivity contribution is 0.661. The van der Waals surface area contributed by atoms with Gasteiger partial charge in [-0.15, -0.1) is 11.3 Å². The van der Waals surface area contributed by atoms with Crippen LogP contribution < -0.4 is 0 Å². The van der Waals surface area contributed by atoms with Crippen molar-refractivity contribution in [2.24, 2.45) is 0 Å². The third-order valence-corrected chi connectivity index (χ3v) is 28.0. The number of hydrogen-bond acceptors (Lipinski definition) is 5. The zero-order valence-corrected chi connectivity index (χ0v) is 64.6. The molecule has 118 heavy (non-hydrogen) atoms. The van der Waals surface area contributed by atoms with Crippen LogP contribution in [0.2, 0.25) is 0 Å². The van der Waals surface area contributed by atoms with Crippen LogP contribution in [-0.2, 0) is 5.41 Å². The van der Waals surface area contributed by atoms with Gasteiger partial charge in [-0.05, 0) is 209 Å². The number of rotatable bonds is 5. The maximum absolute atomic E-state index is 6.44. The highest BCUT2D eigenvalue weighted by molar-refractivity contribution is 7.25. The van der Waals surface area contributed by atoms with Crippen molar-refractivity contribution in [3.63, 3.8) is 0 Å². The molecule has 7 aromatic heterocycles. The summed E-state index contributed by atoms with van der Waals surface area (Å²) >= 11 is 1.87. The predicted molar refractivity (Wildman–Crippen MR) is 493 cm³/mol. The Morgan fingerprint density at radius 3 is 1.49 bits per heavy atom. The largest absolute Gasteiger partial charge is 0.456 e. The number of aromatic nitrogens is 2. The van der Waals surface area contributed by atoms with E-state index in [2.05, 4.69) is 351 Å². The smallest absolute Gasteiger partial charge is 0.136 e. The molecular formula is C111H62N2O4S. The predicted octanol–water partition coefficient (Wildman–Crippen LogP) is 31.9. The molecule has 0 N–H and O–H groups in total. The van der Waals surface area contributed by atoms with Crippen LogP contribution in [0, 0.1) is 0 Å². The van der Waals surface area contributed by atoms with Crippen molar-refractivity contribution in [1.82, 2.24) is 9.13 Å². The molecule has 0 saturated carbocycles. The minimum Gasteiger partial charge on any atom is -0.456 e. The van der Waals surface area contributed by atoms with Crippen molar-refractivity contribution in [1.29, 1.82) is 0 Å². The summed E-state index contributed by atoms with van der Waals surface area (Å²) in [5, 5.41) is 25.1. The molecule has 0 unspecified atom stereocenters. The van der Waals surface area contributed by atoms with E-state index in [1.165, 1.54) is 218 Å². The molecular weight excluding hydrogens is 1460 g/mol. The Balaban J connectivity index is 0.0000000926. The van der Waals surface area contributed by atoms with Crippen LogP contribution in [0.3, 0.4) is 0 Å². The molecule has 26 aromatic rings. The zero-order chi connectivity index (χ0) is 76.8. The summed E-state index contributed by atoms with van der Waals surface area (Å²) in [5.74, 6) is 0. The molecule has 7 heteroatoms. The second-order valence-corrected chi connectivity index (χ2v) is 34.1. The van der Waals surface area contributed by atoms with E-state index in [1.54, 1.807) is 0 Å². The Morgan fingerprint density at radius 2 is 0.720 bits per heavy atom. The van der Waals surface area contributed by atoms with Gasteiger partial charge < -0.3 is 26.8 Å². The summed E-state index contributed by atoms with van der Waals surface area (Å²) in [5.41, 5.74) is 35.3. The molecule has 30 rings (SSSR count). The first-order chi connectivity index (χ1) is 58.3. The van der Waals surface area contributed by atoms with Crippen molar-refractivity contribution in [3.8, 4) is 89.3 Å². The number of hydrogen-bond donors (Lipinski definition) is 0. The molecule has 6 nitrogen and oxygen atoms in total. The fourth-order valence-electron chi connectivity index (χ4n) is 22.0. The maximum Gasteiger partial charge on any atom is 0.136 e. The summed E-state index contributed by atoms with van der Waals surface area (Å²) in [7, 11) is 0. The van der Waals surface area contributed by atoms with Crippen molar-refractivity contribution >= 4 is 195 Å². The number of para-hydroxylation sites is 2. The number of furan rings is 4. The topological polar surface area (TPSA) is 62.4 Å². The monoisotopic (exact) mass is 1520 g/mol. The van der Waals surface area contributed by atoms with E-state index in [9.17, 15) is 0 Å². The van der Waals surface area contributed by atoms with E-state index in [0.29, 0.717) is 0 Å². The lowest BCUT2D eigenvalue weighted by Crippen LogP contribution is -2.14. The molecule has 0 spiro atoms. The summed E-state index contributed by atoms with van der Waals surface area (Å²) < 4.78 is 33.1. The molecule has 0 fully saturated rings. The molecule has 0 amide bonds. The molecule has 0 bridgehead atoms. The first-order valence-electron chi connectivity index (χ1n) is 40.7. The Hall–Kier alpha value is -15.0. The van der Waals surface area contributed by atoms with Crippen LogP contribution >= 0.6 is 11.3 Å². The Morgan fingerprint density at radius 1 is 0.229 bits per heavy atom. The SMILES string of the molecule is CC1(C)c2cccc3c2-c2c1ccc1ccc4c(c21)c1c-3cccc1n4-c1ccccc1-c1ccccc1-c1ccccc1.c1cc2c3c(c1)oc1ccc4ccc5c(c6c-2cccc6n5-c2ccc5sc6ccccc6c5c2)c4c13.c1ccc2c(c1)oc1cc(-c3ccc4oc5ccc6ccc7oc8cccc9c8c7c6c5c4c3-9)ccc12. The van der Waals surface area contributed by atoms with Crippen molar-refractivity contribution in [2.45, 2.75) is 19.3 Å². The second kappa shape index (κ2) is 22.7. The van der Waals surface area contributed by atoms with Gasteiger partial charge in [0.15, 0.2) is 0 Å². The Kier molecular flexibility index (Phi) is 12.2. The standard InChI is InChI=1S/C43H29N.C34H17NOS.C34H16O3/c1-43(2)33-19-10-17-31-32-18-11-21-36-40(32)42-37(25-23-27-22-24-34(43)41(38(27)42)39(31)33)44(36)35-20-9-8-16-30(35)29-15-7-6-14-28(29)26-12-4-3-5-13-26;1-2-10-28-20(5-1)23-17-19(13-16-29(23)37-28)35-24-8-3-6-21-22-7-4-9-26-32(22)34-27(36-26)15-12-18-11-14-25(35)33(30(18)34)31(21)24;1-2-6-23-20(4-1)21-11-8-18(16-28(21)35-23)19-12-15-27-34-30(19)22-5-3-7-24-31(22)32-25(36-24)13-9-17-10-14-26(37-27)33(34)29(17)32/h3-25H,1-2H3;1-17H;1-16H. The summed E-state index contributed by atoms with van der Waals surface area (Å²) in [6, 6.07) is 124. The molecule has 7 heterocycles. The van der Waals surface area contributed by atoms with Crippen molar-refractivity contribution in [3.05, 3.63) is 351 Å². The summed E-state index contributed by atoms with van der Waals surface area (Å²) in [6.07, 6.45) is 0. The number of fused-ring (bicyclic) bond motifs is 9. The van der Waals surface area contributed by atoms with Gasteiger partial charge in [-0.3, -0.25) is 0 Å². The highest BCUT2D eigenvalue weighted by Gasteiger charge is 2.41. The van der Waals surface area contributed by atoms with Crippen LogP contribution in [0.5, 0.6) is 0 Å². The molecule has 0 atom stereocenters. The van der Waals surface area contributed by atoms with E-state index in [1.807, 2.05) is 23.5 Å². The van der Waals surface area contributed by atoms with Crippen molar-refractivity contribution in [2.75, 3.05) is 0 Å². The van der Waals surface area contributed by atoms with Crippen LogP contribution in [0.4, 0.5) is 0 Å². The van der Waals surface area contributed by atoms with E-state index >= 15 is 0 Å². The molecule has 0 saturated heterocycles. The highest BCUT2D eigenvalue weighted by atomic mass is 32.1. The van der Waals surface area contributed by atoms with Crippen molar-refractivity contribution < 1.29 is 17.7 Å². The van der Waals surface area contributed by atoms with Crippen LogP contribution in [0.15, 0.2) is 357 Å². The number of benzene rings is 19. The van der Waals surface area contributed by atoms with E-state index in [4.69, 9.17) is 17.7 Å². The number of nitrogens with zero attached hydrogens (tertiary/aromatic N) is 2. The first-order valence-corrected chi connectivity index (χ1v) is 41.5. The molecule has 546 valence electrons. The average molecular weight is 1520 g/mol. The van der Waals surface area contributed by atoms with Gasteiger partial charge in [0.25, 0.3) is 0 Å². The first kappa shape index (κ1) is 63.4. The van der Waals surface area contributed by atoms with Gasteiger partial charge in [-0.1, -0.05) is 244 Å². The van der Waals surface area contributed by atoms with Gasteiger partial charge >= 0.3 is 0 Å². The fourth-order valence-corrected chi connectivity index (χ4v) is 23.1. The van der Waals surface area contributed by atoms with E-state index in [-0.39, 0.29) is 5.41 Å². The third kappa shape index (κ3) is 8.15.